The highest BCUT2D eigenvalue weighted by atomic mass is 19.4. The highest BCUT2D eigenvalue weighted by Gasteiger charge is 2.37. The van der Waals surface area contributed by atoms with E-state index in [4.69, 9.17) is 9.47 Å². The molecule has 0 aliphatic carbocycles. The van der Waals surface area contributed by atoms with E-state index in [1.54, 1.807) is 29.2 Å². The molecule has 2 heterocycles. The van der Waals surface area contributed by atoms with E-state index >= 15 is 0 Å². The molecule has 1 fully saturated rings. The minimum absolute atomic E-state index is 0.0210. The Hall–Kier alpha value is -3.27. The Morgan fingerprint density at radius 2 is 1.68 bits per heavy atom. The molecule has 0 saturated carbocycles. The van der Waals surface area contributed by atoms with Gasteiger partial charge in [-0.05, 0) is 36.4 Å². The number of alkyl halides is 3. The third-order valence-electron chi connectivity index (χ3n) is 4.95. The molecule has 0 aromatic heterocycles. The molecular formula is C21H19F3N2O5. The number of nitrogens with zero attached hydrogens (tertiary/aromatic N) is 2. The van der Waals surface area contributed by atoms with E-state index in [9.17, 15) is 22.8 Å². The van der Waals surface area contributed by atoms with Gasteiger partial charge in [0.05, 0.1) is 25.4 Å². The average Bonchev–Trinajstić information content (AvgIpc) is 2.77. The van der Waals surface area contributed by atoms with Crippen LogP contribution < -0.4 is 14.4 Å². The molecule has 10 heteroatoms. The first-order valence-electron chi connectivity index (χ1n) is 9.62. The maximum Gasteiger partial charge on any atom is 0.573 e. The maximum absolute atomic E-state index is 13.2. The number of halogens is 3. The predicted octanol–water partition coefficient (Wildman–Crippen LogP) is 2.85. The van der Waals surface area contributed by atoms with Crippen LogP contribution in [0.15, 0.2) is 48.5 Å². The molecule has 0 N–H and O–H groups in total. The molecule has 164 valence electrons. The fraction of sp³-hybridized carbons (Fsp3) is 0.333. The molecule has 1 saturated heterocycles. The van der Waals surface area contributed by atoms with Crippen LogP contribution in [0.25, 0.3) is 0 Å². The summed E-state index contributed by atoms with van der Waals surface area (Å²) in [5, 5.41) is 0. The first-order valence-corrected chi connectivity index (χ1v) is 9.62. The number of para-hydroxylation sites is 2. The molecule has 1 atom stereocenters. The quantitative estimate of drug-likeness (QED) is 0.740. The van der Waals surface area contributed by atoms with Crippen molar-refractivity contribution in [3.05, 3.63) is 54.1 Å². The summed E-state index contributed by atoms with van der Waals surface area (Å²) in [5.74, 6) is -0.754. The van der Waals surface area contributed by atoms with Gasteiger partial charge in [0.1, 0.15) is 11.5 Å². The van der Waals surface area contributed by atoms with Crippen LogP contribution in [0.5, 0.6) is 11.5 Å². The summed E-state index contributed by atoms with van der Waals surface area (Å²) in [5.41, 5.74) is 0.637. The van der Waals surface area contributed by atoms with Gasteiger partial charge in [-0.1, -0.05) is 12.1 Å². The molecule has 2 aliphatic heterocycles. The van der Waals surface area contributed by atoms with Gasteiger partial charge in [-0.15, -0.1) is 13.2 Å². The van der Waals surface area contributed by atoms with E-state index in [1.807, 2.05) is 0 Å². The first-order chi connectivity index (χ1) is 14.8. The molecule has 0 bridgehead atoms. The Kier molecular flexibility index (Phi) is 5.73. The lowest BCUT2D eigenvalue weighted by Crippen LogP contribution is -2.54. The molecular weight excluding hydrogens is 417 g/mol. The first kappa shape index (κ1) is 21.0. The number of hydrogen-bond donors (Lipinski definition) is 0. The molecule has 0 unspecified atom stereocenters. The SMILES string of the molecule is O=C([C@@H]1CN(C(=O)c2ccc(OC(F)(F)F)cc2)c2ccccc2O1)N1CCOCC1. The van der Waals surface area contributed by atoms with Gasteiger partial charge in [0.15, 0.2) is 6.10 Å². The van der Waals surface area contributed by atoms with Crippen molar-refractivity contribution in [1.82, 2.24) is 4.90 Å². The third kappa shape index (κ3) is 4.74. The van der Waals surface area contributed by atoms with E-state index < -0.39 is 24.1 Å². The average molecular weight is 436 g/mol. The zero-order valence-corrected chi connectivity index (χ0v) is 16.3. The van der Waals surface area contributed by atoms with Crippen LogP contribution in [0.1, 0.15) is 10.4 Å². The van der Waals surface area contributed by atoms with E-state index in [-0.39, 0.29) is 18.0 Å². The molecule has 0 spiro atoms. The van der Waals surface area contributed by atoms with Crippen molar-refractivity contribution in [1.29, 1.82) is 0 Å². The van der Waals surface area contributed by atoms with Crippen LogP contribution in [0.2, 0.25) is 0 Å². The summed E-state index contributed by atoms with van der Waals surface area (Å²) < 4.78 is 52.1. The number of benzene rings is 2. The number of anilines is 1. The van der Waals surface area contributed by atoms with Crippen LogP contribution in [-0.2, 0) is 9.53 Å². The number of ether oxygens (including phenoxy) is 3. The van der Waals surface area contributed by atoms with Crippen molar-refractivity contribution in [2.24, 2.45) is 0 Å². The number of carbonyl (C=O) groups is 2. The fourth-order valence-corrected chi connectivity index (χ4v) is 3.50. The van der Waals surface area contributed by atoms with Gasteiger partial charge in [0, 0.05) is 18.7 Å². The smallest absolute Gasteiger partial charge is 0.476 e. The normalized spacial score (nSPS) is 18.7. The highest BCUT2D eigenvalue weighted by molar-refractivity contribution is 6.08. The second-order valence-corrected chi connectivity index (χ2v) is 7.00. The number of morpholine rings is 1. The van der Waals surface area contributed by atoms with Crippen LogP contribution in [0.4, 0.5) is 18.9 Å². The number of hydrogen-bond acceptors (Lipinski definition) is 5. The summed E-state index contributed by atoms with van der Waals surface area (Å²) in [7, 11) is 0. The zero-order valence-electron chi connectivity index (χ0n) is 16.3. The summed E-state index contributed by atoms with van der Waals surface area (Å²) >= 11 is 0. The summed E-state index contributed by atoms with van der Waals surface area (Å²) in [6.45, 7) is 1.73. The molecule has 7 nitrogen and oxygen atoms in total. The largest absolute Gasteiger partial charge is 0.573 e. The number of fused-ring (bicyclic) bond motifs is 1. The van der Waals surface area contributed by atoms with Gasteiger partial charge < -0.3 is 24.0 Å². The number of amides is 2. The van der Waals surface area contributed by atoms with Crippen molar-refractivity contribution in [2.75, 3.05) is 37.7 Å². The Morgan fingerprint density at radius 3 is 2.35 bits per heavy atom. The highest BCUT2D eigenvalue weighted by Crippen LogP contribution is 2.35. The standard InChI is InChI=1S/C21H19F3N2O5/c22-21(23,24)31-15-7-5-14(6-8-15)19(27)26-13-18(20(28)25-9-11-29-12-10-25)30-17-4-2-1-3-16(17)26/h1-8,18H,9-13H2/t18-/m0/s1. The maximum atomic E-state index is 13.2. The molecule has 2 aromatic rings. The monoisotopic (exact) mass is 436 g/mol. The van der Waals surface area contributed by atoms with Gasteiger partial charge in [-0.2, -0.15) is 0 Å². The Morgan fingerprint density at radius 1 is 1.00 bits per heavy atom. The van der Waals surface area contributed by atoms with Crippen molar-refractivity contribution in [3.63, 3.8) is 0 Å². The number of rotatable bonds is 3. The Balaban J connectivity index is 1.57. The second-order valence-electron chi connectivity index (χ2n) is 7.00. The summed E-state index contributed by atoms with van der Waals surface area (Å²) in [4.78, 5) is 29.1. The third-order valence-corrected chi connectivity index (χ3v) is 4.95. The lowest BCUT2D eigenvalue weighted by Gasteiger charge is -2.37. The molecule has 4 rings (SSSR count). The van der Waals surface area contributed by atoms with Crippen LogP contribution in [-0.4, -0.2) is 62.0 Å². The van der Waals surface area contributed by atoms with Gasteiger partial charge in [0.2, 0.25) is 0 Å². The topological polar surface area (TPSA) is 68.3 Å². The lowest BCUT2D eigenvalue weighted by molar-refractivity contribution is -0.274. The lowest BCUT2D eigenvalue weighted by atomic mass is 10.1. The van der Waals surface area contributed by atoms with Gasteiger partial charge in [0.25, 0.3) is 11.8 Å². The predicted molar refractivity (Wildman–Crippen MR) is 103 cm³/mol. The van der Waals surface area contributed by atoms with Gasteiger partial charge >= 0.3 is 6.36 Å². The molecule has 2 amide bonds. The van der Waals surface area contributed by atoms with Gasteiger partial charge in [-0.3, -0.25) is 9.59 Å². The Bertz CT molecular complexity index is 958. The number of carbonyl (C=O) groups excluding carboxylic acids is 2. The second kappa shape index (κ2) is 8.46. The molecule has 2 aromatic carbocycles. The summed E-state index contributed by atoms with van der Waals surface area (Å²) in [6, 6.07) is 11.4. The molecule has 31 heavy (non-hydrogen) atoms. The molecule has 2 aliphatic rings. The van der Waals surface area contributed by atoms with Crippen molar-refractivity contribution < 1.29 is 37.0 Å². The van der Waals surface area contributed by atoms with E-state index in [1.165, 1.54) is 17.0 Å². The van der Waals surface area contributed by atoms with Crippen molar-refractivity contribution >= 4 is 17.5 Å². The zero-order chi connectivity index (χ0) is 22.0. The minimum atomic E-state index is -4.82. The van der Waals surface area contributed by atoms with Crippen molar-refractivity contribution in [2.45, 2.75) is 12.5 Å². The van der Waals surface area contributed by atoms with Crippen molar-refractivity contribution in [3.8, 4) is 11.5 Å². The van der Waals surface area contributed by atoms with Crippen LogP contribution in [0.3, 0.4) is 0 Å². The van der Waals surface area contributed by atoms with Crippen LogP contribution in [0, 0.1) is 0 Å². The van der Waals surface area contributed by atoms with Gasteiger partial charge in [-0.25, -0.2) is 0 Å². The van der Waals surface area contributed by atoms with E-state index in [0.29, 0.717) is 37.7 Å². The molecule has 0 radical (unpaired) electrons. The van der Waals surface area contributed by atoms with E-state index in [0.717, 1.165) is 12.1 Å². The van der Waals surface area contributed by atoms with E-state index in [2.05, 4.69) is 4.74 Å². The summed E-state index contributed by atoms with van der Waals surface area (Å²) in [6.07, 6.45) is -5.72. The minimum Gasteiger partial charge on any atom is -0.476 e. The van der Waals surface area contributed by atoms with Crippen LogP contribution >= 0.6 is 0 Å². The Labute approximate surface area is 175 Å². The fourth-order valence-electron chi connectivity index (χ4n) is 3.50.